The van der Waals surface area contributed by atoms with Crippen molar-refractivity contribution in [3.05, 3.63) is 0 Å². The Hall–Kier alpha value is 0.790. The van der Waals surface area contributed by atoms with Crippen LogP contribution in [0.25, 0.3) is 0 Å². The van der Waals surface area contributed by atoms with Crippen LogP contribution in [-0.4, -0.2) is 71.5 Å². The Morgan fingerprint density at radius 2 is 1.39 bits per heavy atom. The van der Waals surface area contributed by atoms with Gasteiger partial charge in [-0.1, -0.05) is 0 Å². The standard InChI is InChI=1S/C7H16N.C5H12N.C3H7.In/c1-4-7-8(5-2)6-3;1-4-5-6(2)3;1-3-2;/h1,4-7H2,2-3H3;1,4-5H2,2-3H3;3H,1-2H3;. The molecular formula is C15H35InN2. The molecule has 0 saturated heterocycles. The predicted molar refractivity (Wildman–Crippen MR) is 86.0 cm³/mol. The van der Waals surface area contributed by atoms with E-state index in [1.54, 1.807) is 8.35 Å². The molecule has 0 rings (SSSR count). The summed E-state index contributed by atoms with van der Waals surface area (Å²) in [6.07, 6.45) is 2.90. The van der Waals surface area contributed by atoms with Crippen LogP contribution in [0.15, 0.2) is 0 Å². The number of hydrogen-bond donors (Lipinski definition) is 0. The molecule has 0 aromatic heterocycles. The Balaban J connectivity index is 3.82. The van der Waals surface area contributed by atoms with Crippen molar-refractivity contribution in [1.82, 2.24) is 9.80 Å². The van der Waals surface area contributed by atoms with Crippen LogP contribution in [0, 0.1) is 0 Å². The third-order valence-corrected chi connectivity index (χ3v) is 16.0. The van der Waals surface area contributed by atoms with Crippen molar-refractivity contribution >= 4 is 21.4 Å². The fourth-order valence-corrected chi connectivity index (χ4v) is 11.3. The van der Waals surface area contributed by atoms with Gasteiger partial charge >= 0.3 is 124 Å². The van der Waals surface area contributed by atoms with Gasteiger partial charge in [-0.25, -0.2) is 0 Å². The second-order valence-electron chi connectivity index (χ2n) is 6.12. The summed E-state index contributed by atoms with van der Waals surface area (Å²) in [6.45, 7) is 14.6. The molecule has 0 aromatic rings. The van der Waals surface area contributed by atoms with Crippen LogP contribution in [0.4, 0.5) is 0 Å². The van der Waals surface area contributed by atoms with E-state index in [9.17, 15) is 0 Å². The van der Waals surface area contributed by atoms with Crippen molar-refractivity contribution in [2.45, 2.75) is 52.6 Å². The SMILES string of the molecule is CCN(CC)CC[CH2][In]([CH2]CCN(C)C)[CH](C)C. The van der Waals surface area contributed by atoms with Crippen LogP contribution >= 0.6 is 0 Å². The minimum atomic E-state index is -1.23. The van der Waals surface area contributed by atoms with E-state index in [0.29, 0.717) is 0 Å². The molecule has 0 bridgehead atoms. The van der Waals surface area contributed by atoms with E-state index in [1.165, 1.54) is 39.0 Å². The first-order valence-corrected chi connectivity index (χ1v) is 14.4. The van der Waals surface area contributed by atoms with Crippen molar-refractivity contribution in [2.24, 2.45) is 0 Å². The molecule has 0 aliphatic rings. The monoisotopic (exact) mass is 358 g/mol. The molecule has 0 unspecified atom stereocenters. The molecular weight excluding hydrogens is 323 g/mol. The number of nitrogens with zero attached hydrogens (tertiary/aromatic N) is 2. The summed E-state index contributed by atoms with van der Waals surface area (Å²) in [6, 6.07) is 0. The van der Waals surface area contributed by atoms with Gasteiger partial charge in [0, 0.05) is 0 Å². The molecule has 0 spiro atoms. The molecule has 108 valence electrons. The zero-order valence-electron chi connectivity index (χ0n) is 13.7. The Morgan fingerprint density at radius 3 is 1.78 bits per heavy atom. The molecule has 0 aliphatic heterocycles. The summed E-state index contributed by atoms with van der Waals surface area (Å²) in [5.74, 6) is 0. The minimum absolute atomic E-state index is 1.05. The average Bonchev–Trinajstić information content (AvgIpc) is 2.31. The van der Waals surface area contributed by atoms with Gasteiger partial charge in [-0.15, -0.1) is 0 Å². The van der Waals surface area contributed by atoms with E-state index in [4.69, 9.17) is 0 Å². The molecule has 0 heterocycles. The van der Waals surface area contributed by atoms with Crippen molar-refractivity contribution in [2.75, 3.05) is 40.3 Å². The van der Waals surface area contributed by atoms with E-state index in [0.717, 1.165) is 3.67 Å². The third-order valence-electron chi connectivity index (χ3n) is 4.07. The van der Waals surface area contributed by atoms with Crippen LogP contribution in [0.5, 0.6) is 0 Å². The molecule has 0 amide bonds. The van der Waals surface area contributed by atoms with E-state index in [2.05, 4.69) is 51.6 Å². The van der Waals surface area contributed by atoms with Crippen molar-refractivity contribution in [3.63, 3.8) is 0 Å². The Kier molecular flexibility index (Phi) is 12.1. The second-order valence-corrected chi connectivity index (χ2v) is 17.6. The zero-order valence-corrected chi connectivity index (χ0v) is 17.0. The molecule has 0 atom stereocenters. The normalized spacial score (nSPS) is 11.8. The van der Waals surface area contributed by atoms with Gasteiger partial charge in [0.2, 0.25) is 0 Å². The van der Waals surface area contributed by atoms with Gasteiger partial charge in [-0.2, -0.15) is 0 Å². The van der Waals surface area contributed by atoms with Crippen molar-refractivity contribution in [1.29, 1.82) is 0 Å². The Labute approximate surface area is 124 Å². The predicted octanol–water partition coefficient (Wildman–Crippen LogP) is 3.57. The summed E-state index contributed by atoms with van der Waals surface area (Å²) < 4.78 is 4.27. The van der Waals surface area contributed by atoms with Gasteiger partial charge in [-0.05, 0) is 0 Å². The zero-order chi connectivity index (χ0) is 14.0. The van der Waals surface area contributed by atoms with Gasteiger partial charge in [0.25, 0.3) is 0 Å². The van der Waals surface area contributed by atoms with Gasteiger partial charge in [0.1, 0.15) is 0 Å². The molecule has 2 nitrogen and oxygen atoms in total. The fourth-order valence-electron chi connectivity index (χ4n) is 2.60. The van der Waals surface area contributed by atoms with E-state index in [-0.39, 0.29) is 0 Å². The summed E-state index contributed by atoms with van der Waals surface area (Å²) in [7, 11) is 4.39. The average molecular weight is 358 g/mol. The van der Waals surface area contributed by atoms with Gasteiger partial charge in [-0.3, -0.25) is 0 Å². The molecule has 0 radical (unpaired) electrons. The first-order chi connectivity index (χ1) is 8.51. The van der Waals surface area contributed by atoms with Gasteiger partial charge in [0.05, 0.1) is 0 Å². The second kappa shape index (κ2) is 11.6. The molecule has 0 N–H and O–H groups in total. The summed E-state index contributed by atoms with van der Waals surface area (Å²) in [5.41, 5.74) is 0. The van der Waals surface area contributed by atoms with E-state index < -0.39 is 21.4 Å². The first-order valence-electron chi connectivity index (χ1n) is 7.88. The number of rotatable bonds is 11. The van der Waals surface area contributed by atoms with E-state index in [1.807, 2.05) is 0 Å². The number of hydrogen-bond acceptors (Lipinski definition) is 2. The summed E-state index contributed by atoms with van der Waals surface area (Å²) in [4.78, 5) is 4.90. The van der Waals surface area contributed by atoms with E-state index >= 15 is 0 Å². The molecule has 0 saturated carbocycles. The van der Waals surface area contributed by atoms with Crippen molar-refractivity contribution < 1.29 is 0 Å². The molecule has 0 fully saturated rings. The molecule has 3 heteroatoms. The van der Waals surface area contributed by atoms with Gasteiger partial charge < -0.3 is 0 Å². The van der Waals surface area contributed by atoms with Crippen LogP contribution in [0.3, 0.4) is 0 Å². The van der Waals surface area contributed by atoms with Crippen LogP contribution in [-0.2, 0) is 0 Å². The third kappa shape index (κ3) is 9.69. The maximum absolute atomic E-state index is 2.57. The van der Waals surface area contributed by atoms with Crippen LogP contribution < -0.4 is 0 Å². The van der Waals surface area contributed by atoms with Crippen LogP contribution in [0.2, 0.25) is 12.0 Å². The topological polar surface area (TPSA) is 6.48 Å². The molecule has 18 heavy (non-hydrogen) atoms. The molecule has 0 aromatic carbocycles. The summed E-state index contributed by atoms with van der Waals surface area (Å²) in [5, 5.41) is 0. The molecule has 0 aliphatic carbocycles. The van der Waals surface area contributed by atoms with Crippen molar-refractivity contribution in [3.8, 4) is 0 Å². The van der Waals surface area contributed by atoms with Gasteiger partial charge in [0.15, 0.2) is 0 Å². The van der Waals surface area contributed by atoms with Crippen LogP contribution in [0.1, 0.15) is 40.5 Å². The first kappa shape index (κ1) is 18.8. The fraction of sp³-hybridized carbons (Fsp3) is 1.00. The maximum atomic E-state index is 2.57. The Morgan fingerprint density at radius 1 is 0.889 bits per heavy atom. The quantitative estimate of drug-likeness (QED) is 0.557. The Bertz CT molecular complexity index is 179. The summed E-state index contributed by atoms with van der Waals surface area (Å²) >= 11 is -1.23.